The molecule has 0 radical (unpaired) electrons. The number of rotatable bonds is 4. The van der Waals surface area contributed by atoms with Crippen molar-refractivity contribution in [2.45, 2.75) is 25.7 Å². The molecule has 16 heavy (non-hydrogen) atoms. The van der Waals surface area contributed by atoms with Crippen LogP contribution in [0.5, 0.6) is 0 Å². The van der Waals surface area contributed by atoms with Crippen LogP contribution < -0.4 is 0 Å². The van der Waals surface area contributed by atoms with Crippen molar-refractivity contribution in [3.05, 3.63) is 35.9 Å². The summed E-state index contributed by atoms with van der Waals surface area (Å²) < 4.78 is 0. The number of carbonyl (C=O) groups excluding carboxylic acids is 1. The predicted molar refractivity (Wildman–Crippen MR) is 62.5 cm³/mol. The molecule has 0 amide bonds. The smallest absolute Gasteiger partial charge is 0.146 e. The van der Waals surface area contributed by atoms with E-state index in [4.69, 9.17) is 5.26 Å². The lowest BCUT2D eigenvalue weighted by Gasteiger charge is -2.06. The summed E-state index contributed by atoms with van der Waals surface area (Å²) in [4.78, 5) is 11.5. The second kappa shape index (κ2) is 6.43. The van der Waals surface area contributed by atoms with E-state index in [1.54, 1.807) is 6.92 Å². The van der Waals surface area contributed by atoms with Gasteiger partial charge in [0.15, 0.2) is 0 Å². The Morgan fingerprint density at radius 1 is 1.38 bits per heavy atom. The van der Waals surface area contributed by atoms with E-state index in [2.05, 4.69) is 17.9 Å². The lowest BCUT2D eigenvalue weighted by atomic mass is 9.94. The van der Waals surface area contributed by atoms with Gasteiger partial charge in [-0.1, -0.05) is 36.3 Å². The van der Waals surface area contributed by atoms with Gasteiger partial charge in [0.05, 0.1) is 18.4 Å². The van der Waals surface area contributed by atoms with Gasteiger partial charge in [-0.05, 0) is 12.5 Å². The van der Waals surface area contributed by atoms with E-state index < -0.39 is 0 Å². The minimum Gasteiger partial charge on any atom is -0.299 e. The van der Waals surface area contributed by atoms with Gasteiger partial charge < -0.3 is 0 Å². The van der Waals surface area contributed by atoms with Crippen LogP contribution in [0.4, 0.5) is 0 Å². The lowest BCUT2D eigenvalue weighted by molar-refractivity contribution is -0.118. The lowest BCUT2D eigenvalue weighted by Crippen LogP contribution is -2.04. The van der Waals surface area contributed by atoms with E-state index >= 15 is 0 Å². The van der Waals surface area contributed by atoms with Crippen LogP contribution in [0.2, 0.25) is 0 Å². The van der Waals surface area contributed by atoms with E-state index in [0.717, 1.165) is 5.56 Å². The molecule has 0 aliphatic carbocycles. The van der Waals surface area contributed by atoms with Gasteiger partial charge in [0.1, 0.15) is 5.78 Å². The van der Waals surface area contributed by atoms with Crippen LogP contribution in [0.3, 0.4) is 0 Å². The van der Waals surface area contributed by atoms with E-state index in [-0.39, 0.29) is 24.5 Å². The number of carbonyl (C=O) groups is 1. The first-order valence-corrected chi connectivity index (χ1v) is 5.13. The van der Waals surface area contributed by atoms with Gasteiger partial charge in [0, 0.05) is 6.42 Å². The second-order valence-electron chi connectivity index (χ2n) is 3.44. The van der Waals surface area contributed by atoms with Gasteiger partial charge in [-0.25, -0.2) is 0 Å². The van der Waals surface area contributed by atoms with Crippen LogP contribution in [0.15, 0.2) is 30.3 Å². The highest BCUT2D eigenvalue weighted by Gasteiger charge is 2.14. The molecule has 0 bridgehead atoms. The number of Topliss-reactive ketones (excluding diaryl/α,β-unsaturated/α-hetero) is 1. The van der Waals surface area contributed by atoms with Gasteiger partial charge in [0.2, 0.25) is 0 Å². The first kappa shape index (κ1) is 12.0. The number of benzene rings is 1. The van der Waals surface area contributed by atoms with Gasteiger partial charge in [-0.3, -0.25) is 4.79 Å². The zero-order valence-corrected chi connectivity index (χ0v) is 9.23. The molecule has 80 valence electrons. The van der Waals surface area contributed by atoms with Gasteiger partial charge in [-0.2, -0.15) is 5.26 Å². The molecule has 0 N–H and O–H groups in total. The summed E-state index contributed by atoms with van der Waals surface area (Å²) in [5.74, 6) is 5.06. The fourth-order valence-corrected chi connectivity index (χ4v) is 1.41. The Labute approximate surface area is 95.9 Å². The number of nitrogens with zero attached hydrogens (tertiary/aromatic N) is 1. The predicted octanol–water partition coefficient (Wildman–Crippen LogP) is 2.67. The third-order valence-corrected chi connectivity index (χ3v) is 2.25. The Hall–Kier alpha value is -2.06. The summed E-state index contributed by atoms with van der Waals surface area (Å²) in [5.41, 5.74) is 0.891. The topological polar surface area (TPSA) is 40.9 Å². The van der Waals surface area contributed by atoms with Crippen LogP contribution in [-0.2, 0) is 4.79 Å². The van der Waals surface area contributed by atoms with Gasteiger partial charge >= 0.3 is 0 Å². The average molecular weight is 211 g/mol. The van der Waals surface area contributed by atoms with E-state index in [1.165, 1.54) is 0 Å². The quantitative estimate of drug-likeness (QED) is 0.718. The molecular weight excluding hydrogens is 198 g/mol. The summed E-state index contributed by atoms with van der Waals surface area (Å²) in [6.07, 6.45) is 0.483. The number of nitriles is 1. The number of ketones is 1. The van der Waals surface area contributed by atoms with E-state index in [9.17, 15) is 4.79 Å². The zero-order valence-electron chi connectivity index (χ0n) is 9.23. The third-order valence-electron chi connectivity index (χ3n) is 2.25. The van der Waals surface area contributed by atoms with Crippen LogP contribution in [-0.4, -0.2) is 5.78 Å². The summed E-state index contributed by atoms with van der Waals surface area (Å²) >= 11 is 0. The SMILES string of the molecule is CC#CCC(=O)C[C@@H](C#N)c1ccccc1. The number of hydrogen-bond donors (Lipinski definition) is 0. The van der Waals surface area contributed by atoms with Crippen LogP contribution in [0.1, 0.15) is 31.2 Å². The summed E-state index contributed by atoms with van der Waals surface area (Å²) in [5, 5.41) is 9.02. The number of hydrogen-bond acceptors (Lipinski definition) is 2. The molecule has 1 atom stereocenters. The molecule has 0 saturated heterocycles. The van der Waals surface area contributed by atoms with Crippen molar-refractivity contribution in [1.82, 2.24) is 0 Å². The largest absolute Gasteiger partial charge is 0.299 e. The van der Waals surface area contributed by atoms with Crippen molar-refractivity contribution >= 4 is 5.78 Å². The molecule has 1 aromatic carbocycles. The minimum atomic E-state index is -0.354. The Kier molecular flexibility index (Phi) is 4.83. The maximum absolute atomic E-state index is 11.5. The molecule has 2 nitrogen and oxygen atoms in total. The molecule has 0 aliphatic heterocycles. The van der Waals surface area contributed by atoms with Crippen molar-refractivity contribution in [2.75, 3.05) is 0 Å². The molecular formula is C14H13NO. The minimum absolute atomic E-state index is 0.0183. The Bertz CT molecular complexity index is 445. The maximum atomic E-state index is 11.5. The van der Waals surface area contributed by atoms with Crippen LogP contribution >= 0.6 is 0 Å². The normalized spacial score (nSPS) is 10.8. The molecule has 0 unspecified atom stereocenters. The van der Waals surface area contributed by atoms with Crippen LogP contribution in [0, 0.1) is 23.2 Å². The molecule has 1 aromatic rings. The molecule has 0 heterocycles. The molecule has 0 fully saturated rings. The summed E-state index contributed by atoms with van der Waals surface area (Å²) in [7, 11) is 0. The molecule has 0 spiro atoms. The zero-order chi connectivity index (χ0) is 11.8. The highest BCUT2D eigenvalue weighted by atomic mass is 16.1. The monoisotopic (exact) mass is 211 g/mol. The van der Waals surface area contributed by atoms with E-state index in [1.807, 2.05) is 30.3 Å². The van der Waals surface area contributed by atoms with Crippen molar-refractivity contribution in [1.29, 1.82) is 5.26 Å². The van der Waals surface area contributed by atoms with Gasteiger partial charge in [-0.15, -0.1) is 5.92 Å². The fourth-order valence-electron chi connectivity index (χ4n) is 1.41. The highest BCUT2D eigenvalue weighted by molar-refractivity contribution is 5.82. The van der Waals surface area contributed by atoms with E-state index in [0.29, 0.717) is 0 Å². The third kappa shape index (κ3) is 3.59. The summed E-state index contributed by atoms with van der Waals surface area (Å²) in [6, 6.07) is 11.5. The Balaban J connectivity index is 2.66. The van der Waals surface area contributed by atoms with Crippen molar-refractivity contribution in [3.63, 3.8) is 0 Å². The Morgan fingerprint density at radius 2 is 2.06 bits per heavy atom. The Morgan fingerprint density at radius 3 is 2.62 bits per heavy atom. The molecule has 0 aliphatic rings. The molecule has 1 rings (SSSR count). The first-order chi connectivity index (χ1) is 7.77. The summed E-state index contributed by atoms with van der Waals surface area (Å²) in [6.45, 7) is 1.70. The maximum Gasteiger partial charge on any atom is 0.146 e. The highest BCUT2D eigenvalue weighted by Crippen LogP contribution is 2.19. The molecule has 2 heteroatoms. The molecule has 0 aromatic heterocycles. The molecule has 0 saturated carbocycles. The second-order valence-corrected chi connectivity index (χ2v) is 3.44. The fraction of sp³-hybridized carbons (Fsp3) is 0.286. The van der Waals surface area contributed by atoms with Crippen molar-refractivity contribution in [3.8, 4) is 17.9 Å². The average Bonchev–Trinajstić information content (AvgIpc) is 2.34. The standard InChI is InChI=1S/C14H13NO/c1-2-3-9-14(16)10-13(11-15)12-7-5-4-6-8-12/h4-8,13H,9-10H2,1H3/t13-/m0/s1. The van der Waals surface area contributed by atoms with Crippen LogP contribution in [0.25, 0.3) is 0 Å². The van der Waals surface area contributed by atoms with Gasteiger partial charge in [0.25, 0.3) is 0 Å². The first-order valence-electron chi connectivity index (χ1n) is 5.13. The van der Waals surface area contributed by atoms with Crippen molar-refractivity contribution in [2.24, 2.45) is 0 Å². The van der Waals surface area contributed by atoms with Crippen molar-refractivity contribution < 1.29 is 4.79 Å².